The lowest BCUT2D eigenvalue weighted by molar-refractivity contribution is -0.384. The lowest BCUT2D eigenvalue weighted by Crippen LogP contribution is -2.03. The zero-order valence-corrected chi connectivity index (χ0v) is 9.73. The zero-order valence-electron chi connectivity index (χ0n) is 9.73. The molecule has 0 aromatic heterocycles. The molecule has 0 atom stereocenters. The van der Waals surface area contributed by atoms with Crippen LogP contribution in [0.3, 0.4) is 0 Å². The van der Waals surface area contributed by atoms with E-state index >= 15 is 0 Å². The molecule has 0 unspecified atom stereocenters. The molecule has 0 radical (unpaired) electrons. The van der Waals surface area contributed by atoms with Gasteiger partial charge in [0.1, 0.15) is 0 Å². The van der Waals surface area contributed by atoms with Gasteiger partial charge >= 0.3 is 0 Å². The Morgan fingerprint density at radius 1 is 1.59 bits per heavy atom. The van der Waals surface area contributed by atoms with Crippen molar-refractivity contribution in [3.8, 4) is 6.07 Å². The molecule has 0 heterocycles. The van der Waals surface area contributed by atoms with Gasteiger partial charge in [-0.25, -0.2) is 0 Å². The van der Waals surface area contributed by atoms with Crippen LogP contribution in [0.4, 0.5) is 5.69 Å². The fourth-order valence-corrected chi connectivity index (χ4v) is 1.51. The minimum atomic E-state index is -0.478. The van der Waals surface area contributed by atoms with Crippen LogP contribution in [0.1, 0.15) is 24.5 Å². The fraction of sp³-hybridized carbons (Fsp3) is 0.250. The smallest absolute Gasteiger partial charge is 0.270 e. The number of nitriles is 1. The standard InChI is InChI=1S/C12H13N3O2/c1-3-9(7-13)12(14)11-6-10(15(16)17)5-4-8(11)2/h4-6H,3,14H2,1-2H3/b12-9-. The molecule has 0 spiro atoms. The van der Waals surface area contributed by atoms with Gasteiger partial charge < -0.3 is 5.73 Å². The second-order valence-electron chi connectivity index (χ2n) is 3.61. The summed E-state index contributed by atoms with van der Waals surface area (Å²) in [5.41, 5.74) is 7.96. The number of hydrogen-bond donors (Lipinski definition) is 1. The van der Waals surface area contributed by atoms with E-state index in [1.54, 1.807) is 13.0 Å². The SMILES string of the molecule is CC/C(C#N)=C(/N)c1cc([N+](=O)[O-])ccc1C. The van der Waals surface area contributed by atoms with Gasteiger partial charge in [0.2, 0.25) is 0 Å². The van der Waals surface area contributed by atoms with E-state index < -0.39 is 4.92 Å². The molecule has 1 aromatic carbocycles. The normalized spacial score (nSPS) is 11.6. The van der Waals surface area contributed by atoms with E-state index in [1.807, 2.05) is 13.0 Å². The number of allylic oxidation sites excluding steroid dienone is 1. The lowest BCUT2D eigenvalue weighted by atomic mass is 10.0. The zero-order chi connectivity index (χ0) is 13.0. The molecule has 17 heavy (non-hydrogen) atoms. The second kappa shape index (κ2) is 5.12. The highest BCUT2D eigenvalue weighted by atomic mass is 16.6. The third-order valence-electron chi connectivity index (χ3n) is 2.54. The Hall–Kier alpha value is -2.35. The molecule has 5 nitrogen and oxygen atoms in total. The third-order valence-corrected chi connectivity index (χ3v) is 2.54. The largest absolute Gasteiger partial charge is 0.397 e. The van der Waals surface area contributed by atoms with Gasteiger partial charge in [-0.2, -0.15) is 5.26 Å². The summed E-state index contributed by atoms with van der Waals surface area (Å²) in [5, 5.41) is 19.6. The van der Waals surface area contributed by atoms with Crippen molar-refractivity contribution in [1.29, 1.82) is 5.26 Å². The Morgan fingerprint density at radius 3 is 2.71 bits per heavy atom. The number of hydrogen-bond acceptors (Lipinski definition) is 4. The molecule has 88 valence electrons. The number of nitro groups is 1. The number of benzene rings is 1. The average Bonchev–Trinajstić information content (AvgIpc) is 2.30. The molecular formula is C12H13N3O2. The molecule has 0 amide bonds. The third kappa shape index (κ3) is 2.61. The lowest BCUT2D eigenvalue weighted by Gasteiger charge is -2.07. The molecule has 2 N–H and O–H groups in total. The van der Waals surface area contributed by atoms with Gasteiger partial charge in [0.15, 0.2) is 0 Å². The van der Waals surface area contributed by atoms with E-state index in [4.69, 9.17) is 11.0 Å². The molecule has 1 rings (SSSR count). The first-order valence-corrected chi connectivity index (χ1v) is 5.15. The highest BCUT2D eigenvalue weighted by molar-refractivity contribution is 5.72. The van der Waals surface area contributed by atoms with Gasteiger partial charge in [0.25, 0.3) is 5.69 Å². The van der Waals surface area contributed by atoms with Gasteiger partial charge in [0, 0.05) is 17.7 Å². The van der Waals surface area contributed by atoms with Crippen LogP contribution in [0, 0.1) is 28.4 Å². The maximum Gasteiger partial charge on any atom is 0.270 e. The summed E-state index contributed by atoms with van der Waals surface area (Å²) in [6.07, 6.45) is 0.504. The van der Waals surface area contributed by atoms with Crippen molar-refractivity contribution in [3.05, 3.63) is 45.0 Å². The number of non-ortho nitro benzene ring substituents is 1. The van der Waals surface area contributed by atoms with Crippen LogP contribution in [0.2, 0.25) is 0 Å². The van der Waals surface area contributed by atoms with Gasteiger partial charge in [-0.3, -0.25) is 10.1 Å². The first kappa shape index (κ1) is 12.7. The summed E-state index contributed by atoms with van der Waals surface area (Å²) in [6, 6.07) is 6.46. The van der Waals surface area contributed by atoms with E-state index in [2.05, 4.69) is 0 Å². The first-order valence-electron chi connectivity index (χ1n) is 5.15. The highest BCUT2D eigenvalue weighted by Gasteiger charge is 2.12. The number of nitro benzene ring substituents is 1. The van der Waals surface area contributed by atoms with E-state index in [1.165, 1.54) is 12.1 Å². The summed E-state index contributed by atoms with van der Waals surface area (Å²) < 4.78 is 0. The fourth-order valence-electron chi connectivity index (χ4n) is 1.51. The van der Waals surface area contributed by atoms with Crippen LogP contribution < -0.4 is 5.73 Å². The first-order chi connectivity index (χ1) is 8.01. The van der Waals surface area contributed by atoms with E-state index in [0.717, 1.165) is 5.56 Å². The highest BCUT2D eigenvalue weighted by Crippen LogP contribution is 2.24. The van der Waals surface area contributed by atoms with Crippen molar-refractivity contribution in [3.63, 3.8) is 0 Å². The molecule has 0 aliphatic heterocycles. The average molecular weight is 231 g/mol. The topological polar surface area (TPSA) is 93.0 Å². The number of rotatable bonds is 3. The van der Waals surface area contributed by atoms with E-state index in [0.29, 0.717) is 23.3 Å². The van der Waals surface area contributed by atoms with Crippen LogP contribution in [-0.2, 0) is 0 Å². The monoisotopic (exact) mass is 231 g/mol. The minimum absolute atomic E-state index is 0.0260. The van der Waals surface area contributed by atoms with Crippen molar-refractivity contribution in [2.24, 2.45) is 5.73 Å². The molecule has 5 heteroatoms. The molecule has 0 bridgehead atoms. The van der Waals surface area contributed by atoms with Crippen molar-refractivity contribution < 1.29 is 4.92 Å². The van der Waals surface area contributed by atoms with Crippen molar-refractivity contribution >= 4 is 11.4 Å². The Labute approximate surface area is 99.3 Å². The summed E-state index contributed by atoms with van der Waals surface area (Å²) >= 11 is 0. The van der Waals surface area contributed by atoms with Crippen LogP contribution in [-0.4, -0.2) is 4.92 Å². The van der Waals surface area contributed by atoms with Crippen molar-refractivity contribution in [2.45, 2.75) is 20.3 Å². The summed E-state index contributed by atoms with van der Waals surface area (Å²) in [4.78, 5) is 10.2. The Bertz CT molecular complexity index is 527. The molecular weight excluding hydrogens is 218 g/mol. The molecule has 0 saturated carbocycles. The molecule has 0 saturated heterocycles. The molecule has 0 aliphatic carbocycles. The predicted octanol–water partition coefficient (Wildman–Crippen LogP) is 2.51. The van der Waals surface area contributed by atoms with Crippen LogP contribution in [0.5, 0.6) is 0 Å². The van der Waals surface area contributed by atoms with E-state index in [-0.39, 0.29) is 5.69 Å². The maximum absolute atomic E-state index is 10.7. The summed E-state index contributed by atoms with van der Waals surface area (Å²) in [5.74, 6) is 0. The summed E-state index contributed by atoms with van der Waals surface area (Å²) in [6.45, 7) is 3.62. The molecule has 0 fully saturated rings. The number of aryl methyl sites for hydroxylation is 1. The van der Waals surface area contributed by atoms with Gasteiger partial charge in [-0.1, -0.05) is 13.0 Å². The van der Waals surface area contributed by atoms with Crippen LogP contribution in [0.15, 0.2) is 23.8 Å². The Balaban J connectivity index is 3.41. The van der Waals surface area contributed by atoms with Crippen molar-refractivity contribution in [2.75, 3.05) is 0 Å². The van der Waals surface area contributed by atoms with Crippen LogP contribution in [0.25, 0.3) is 5.70 Å². The quantitative estimate of drug-likeness (QED) is 0.491. The number of nitrogens with zero attached hydrogens (tertiary/aromatic N) is 2. The summed E-state index contributed by atoms with van der Waals surface area (Å²) in [7, 11) is 0. The van der Waals surface area contributed by atoms with Gasteiger partial charge in [0.05, 0.1) is 22.3 Å². The van der Waals surface area contributed by atoms with Gasteiger partial charge in [-0.05, 0) is 18.9 Å². The maximum atomic E-state index is 10.7. The predicted molar refractivity (Wildman–Crippen MR) is 64.8 cm³/mol. The van der Waals surface area contributed by atoms with Gasteiger partial charge in [-0.15, -0.1) is 0 Å². The second-order valence-corrected chi connectivity index (χ2v) is 3.61. The van der Waals surface area contributed by atoms with Crippen molar-refractivity contribution in [1.82, 2.24) is 0 Å². The molecule has 0 aliphatic rings. The minimum Gasteiger partial charge on any atom is -0.397 e. The van der Waals surface area contributed by atoms with E-state index in [9.17, 15) is 10.1 Å². The molecule has 1 aromatic rings. The van der Waals surface area contributed by atoms with Crippen LogP contribution >= 0.6 is 0 Å². The Morgan fingerprint density at radius 2 is 2.24 bits per heavy atom. The number of nitrogens with two attached hydrogens (primary N) is 1. The Kier molecular flexibility index (Phi) is 3.83.